The highest BCUT2D eigenvalue weighted by Gasteiger charge is 2.27. The maximum absolute atomic E-state index is 11.7. The monoisotopic (exact) mass is 245 g/mol. The summed E-state index contributed by atoms with van der Waals surface area (Å²) in [5.41, 5.74) is 1.35. The van der Waals surface area contributed by atoms with Crippen molar-refractivity contribution in [1.82, 2.24) is 0 Å². The fourth-order valence-corrected chi connectivity index (χ4v) is 1.91. The summed E-state index contributed by atoms with van der Waals surface area (Å²) < 4.78 is 0. The van der Waals surface area contributed by atoms with Crippen molar-refractivity contribution < 1.29 is 14.7 Å². The highest BCUT2D eigenvalue weighted by Crippen LogP contribution is 2.33. The molecule has 1 aromatic rings. The predicted octanol–water partition coefficient (Wildman–Crippen LogP) is 0.691. The van der Waals surface area contributed by atoms with Gasteiger partial charge in [0.25, 0.3) is 0 Å². The molecular weight excluding hydrogens is 234 g/mol. The minimum absolute atomic E-state index is 0.0512. The second-order valence-electron chi connectivity index (χ2n) is 3.98. The summed E-state index contributed by atoms with van der Waals surface area (Å²) in [6.45, 7) is 0.135. The lowest BCUT2D eigenvalue weighted by molar-refractivity contribution is -0.117. The van der Waals surface area contributed by atoms with Gasteiger partial charge in [0, 0.05) is 7.05 Å². The summed E-state index contributed by atoms with van der Waals surface area (Å²) in [5, 5.41) is 17.7. The zero-order valence-electron chi connectivity index (χ0n) is 9.75. The van der Waals surface area contributed by atoms with Gasteiger partial charge < -0.3 is 14.9 Å². The van der Waals surface area contributed by atoms with Crippen LogP contribution in [-0.2, 0) is 4.79 Å². The zero-order chi connectivity index (χ0) is 13.3. The van der Waals surface area contributed by atoms with Crippen molar-refractivity contribution in [3.8, 4) is 6.07 Å². The Labute approximate surface area is 104 Å². The quantitative estimate of drug-likeness (QED) is 0.775. The van der Waals surface area contributed by atoms with Crippen molar-refractivity contribution in [1.29, 1.82) is 5.26 Å². The van der Waals surface area contributed by atoms with E-state index in [4.69, 9.17) is 10.4 Å². The van der Waals surface area contributed by atoms with Crippen LogP contribution in [0.1, 0.15) is 10.4 Å². The van der Waals surface area contributed by atoms with E-state index in [-0.39, 0.29) is 24.6 Å². The van der Waals surface area contributed by atoms with Gasteiger partial charge in [-0.05, 0) is 18.2 Å². The summed E-state index contributed by atoms with van der Waals surface area (Å²) >= 11 is 0. The molecule has 0 aromatic heterocycles. The molecule has 92 valence electrons. The van der Waals surface area contributed by atoms with Gasteiger partial charge in [0.15, 0.2) is 0 Å². The van der Waals surface area contributed by atoms with E-state index in [0.717, 1.165) is 0 Å². The number of hydrogen-bond acceptors (Lipinski definition) is 4. The molecule has 0 aliphatic carbocycles. The van der Waals surface area contributed by atoms with E-state index in [0.29, 0.717) is 11.4 Å². The average molecular weight is 245 g/mol. The molecule has 1 amide bonds. The molecule has 1 N–H and O–H groups in total. The normalized spacial score (nSPS) is 14.1. The van der Waals surface area contributed by atoms with Crippen molar-refractivity contribution in [3.63, 3.8) is 0 Å². The molecule has 0 radical (unpaired) electrons. The lowest BCUT2D eigenvalue weighted by Crippen LogP contribution is -2.44. The van der Waals surface area contributed by atoms with Gasteiger partial charge in [0.05, 0.1) is 29.6 Å². The van der Waals surface area contributed by atoms with E-state index in [1.165, 1.54) is 17.0 Å². The number of anilines is 2. The summed E-state index contributed by atoms with van der Waals surface area (Å²) in [6, 6.07) is 6.48. The zero-order valence-corrected chi connectivity index (χ0v) is 9.75. The number of fused-ring (bicyclic) bond motifs is 1. The van der Waals surface area contributed by atoms with Gasteiger partial charge in [-0.15, -0.1) is 0 Å². The van der Waals surface area contributed by atoms with Crippen LogP contribution in [0.3, 0.4) is 0 Å². The third kappa shape index (κ3) is 1.86. The van der Waals surface area contributed by atoms with E-state index in [1.54, 1.807) is 18.0 Å². The molecule has 0 bridgehead atoms. The molecule has 6 nitrogen and oxygen atoms in total. The van der Waals surface area contributed by atoms with Crippen LogP contribution in [0, 0.1) is 11.3 Å². The number of nitrogens with zero attached hydrogens (tertiary/aromatic N) is 3. The lowest BCUT2D eigenvalue weighted by atomic mass is 10.1. The number of rotatable bonds is 2. The molecule has 1 heterocycles. The molecule has 0 atom stereocenters. The van der Waals surface area contributed by atoms with Crippen molar-refractivity contribution >= 4 is 23.3 Å². The molecule has 1 aliphatic heterocycles. The Balaban J connectivity index is 2.53. The summed E-state index contributed by atoms with van der Waals surface area (Å²) in [4.78, 5) is 25.7. The summed E-state index contributed by atoms with van der Waals surface area (Å²) in [5.74, 6) is -1.16. The van der Waals surface area contributed by atoms with Gasteiger partial charge in [0.1, 0.15) is 6.54 Å². The average Bonchev–Trinajstić information content (AvgIpc) is 2.35. The Kier molecular flexibility index (Phi) is 2.90. The molecular formula is C12H11N3O3. The predicted molar refractivity (Wildman–Crippen MR) is 64.6 cm³/mol. The second kappa shape index (κ2) is 4.37. The summed E-state index contributed by atoms with van der Waals surface area (Å²) in [7, 11) is 1.63. The first-order valence-corrected chi connectivity index (χ1v) is 5.30. The largest absolute Gasteiger partial charge is 0.478 e. The van der Waals surface area contributed by atoms with Gasteiger partial charge in [-0.1, -0.05) is 0 Å². The minimum Gasteiger partial charge on any atom is -0.478 e. The second-order valence-corrected chi connectivity index (χ2v) is 3.98. The maximum Gasteiger partial charge on any atom is 0.335 e. The van der Waals surface area contributed by atoms with Crippen LogP contribution >= 0.6 is 0 Å². The Morgan fingerprint density at radius 1 is 1.50 bits per heavy atom. The van der Waals surface area contributed by atoms with Crippen LogP contribution in [0.4, 0.5) is 11.4 Å². The van der Waals surface area contributed by atoms with Crippen LogP contribution in [0.5, 0.6) is 0 Å². The van der Waals surface area contributed by atoms with Gasteiger partial charge in [-0.25, -0.2) is 4.79 Å². The first-order chi connectivity index (χ1) is 8.54. The minimum atomic E-state index is -1.03. The molecule has 0 unspecified atom stereocenters. The fraction of sp³-hybridized carbons (Fsp3) is 0.250. The third-order valence-corrected chi connectivity index (χ3v) is 2.89. The van der Waals surface area contributed by atoms with E-state index in [9.17, 15) is 9.59 Å². The highest BCUT2D eigenvalue weighted by molar-refractivity contribution is 6.04. The first-order valence-electron chi connectivity index (χ1n) is 5.30. The van der Waals surface area contributed by atoms with E-state index < -0.39 is 5.97 Å². The van der Waals surface area contributed by atoms with Crippen molar-refractivity contribution in [2.45, 2.75) is 0 Å². The van der Waals surface area contributed by atoms with Crippen LogP contribution < -0.4 is 9.80 Å². The van der Waals surface area contributed by atoms with Gasteiger partial charge in [-0.2, -0.15) is 5.26 Å². The standard InChI is InChI=1S/C12H11N3O3/c1-14-9-3-2-8(12(17)18)6-10(9)15(5-4-13)7-11(14)16/h2-3,6H,5,7H2,1H3,(H,17,18). The number of carbonyl (C=O) groups is 2. The molecule has 0 fully saturated rings. The molecule has 18 heavy (non-hydrogen) atoms. The lowest BCUT2D eigenvalue weighted by Gasteiger charge is -2.34. The van der Waals surface area contributed by atoms with Crippen molar-refractivity contribution in [2.75, 3.05) is 29.9 Å². The highest BCUT2D eigenvalue weighted by atomic mass is 16.4. The number of carboxylic acids is 1. The first kappa shape index (κ1) is 11.9. The fourth-order valence-electron chi connectivity index (χ4n) is 1.91. The third-order valence-electron chi connectivity index (χ3n) is 2.89. The smallest absolute Gasteiger partial charge is 0.335 e. The molecule has 0 saturated carbocycles. The number of carbonyl (C=O) groups excluding carboxylic acids is 1. The topological polar surface area (TPSA) is 84.6 Å². The SMILES string of the molecule is CN1C(=O)CN(CC#N)c2cc(C(=O)O)ccc21. The number of hydrogen-bond donors (Lipinski definition) is 1. The number of amides is 1. The van der Waals surface area contributed by atoms with Gasteiger partial charge >= 0.3 is 5.97 Å². The van der Waals surface area contributed by atoms with Gasteiger partial charge in [-0.3, -0.25) is 4.79 Å². The molecule has 1 aliphatic rings. The van der Waals surface area contributed by atoms with Crippen LogP contribution in [0.25, 0.3) is 0 Å². The number of nitriles is 1. The molecule has 1 aromatic carbocycles. The van der Waals surface area contributed by atoms with Gasteiger partial charge in [0.2, 0.25) is 5.91 Å². The number of likely N-dealkylation sites (N-methyl/N-ethyl adjacent to an activating group) is 1. The molecule has 0 saturated heterocycles. The van der Waals surface area contributed by atoms with Crippen molar-refractivity contribution in [3.05, 3.63) is 23.8 Å². The Hall–Kier alpha value is -2.55. The van der Waals surface area contributed by atoms with Crippen molar-refractivity contribution in [2.24, 2.45) is 0 Å². The Bertz CT molecular complexity index is 562. The van der Waals surface area contributed by atoms with E-state index in [2.05, 4.69) is 0 Å². The number of aromatic carboxylic acids is 1. The van der Waals surface area contributed by atoms with Crippen LogP contribution in [0.2, 0.25) is 0 Å². The number of benzene rings is 1. The Morgan fingerprint density at radius 3 is 2.83 bits per heavy atom. The van der Waals surface area contributed by atoms with Crippen LogP contribution in [-0.4, -0.2) is 37.1 Å². The summed E-state index contributed by atoms with van der Waals surface area (Å²) in [6.07, 6.45) is 0. The number of carboxylic acid groups (broad SMARTS) is 1. The maximum atomic E-state index is 11.7. The Morgan fingerprint density at radius 2 is 2.22 bits per heavy atom. The van der Waals surface area contributed by atoms with Crippen LogP contribution in [0.15, 0.2) is 18.2 Å². The van der Waals surface area contributed by atoms with E-state index >= 15 is 0 Å². The molecule has 2 rings (SSSR count). The molecule has 6 heteroatoms. The molecule has 0 spiro atoms. The van der Waals surface area contributed by atoms with E-state index in [1.807, 2.05) is 6.07 Å².